The van der Waals surface area contributed by atoms with E-state index in [4.69, 9.17) is 9.51 Å². The van der Waals surface area contributed by atoms with Crippen LogP contribution in [0.1, 0.15) is 29.7 Å². The van der Waals surface area contributed by atoms with Gasteiger partial charge in [-0.15, -0.1) is 11.3 Å². The number of rotatable bonds is 4. The second-order valence-corrected chi connectivity index (χ2v) is 8.23. The predicted octanol–water partition coefficient (Wildman–Crippen LogP) is 4.87. The molecule has 0 spiro atoms. The number of hydrogen-bond acceptors (Lipinski definition) is 6. The molecule has 142 valence electrons. The van der Waals surface area contributed by atoms with Gasteiger partial charge in [-0.1, -0.05) is 29.4 Å². The molecule has 0 bridgehead atoms. The van der Waals surface area contributed by atoms with E-state index in [0.717, 1.165) is 43.0 Å². The smallest absolute Gasteiger partial charge is 0.231 e. The zero-order valence-corrected chi connectivity index (χ0v) is 16.0. The first kappa shape index (κ1) is 17.5. The van der Waals surface area contributed by atoms with Crippen LogP contribution >= 0.6 is 11.3 Å². The second kappa shape index (κ2) is 7.41. The van der Waals surface area contributed by atoms with Gasteiger partial charge in [0.1, 0.15) is 10.8 Å². The highest BCUT2D eigenvalue weighted by Gasteiger charge is 2.27. The Labute approximate surface area is 165 Å². The third kappa shape index (κ3) is 3.55. The molecule has 1 atom stereocenters. The summed E-state index contributed by atoms with van der Waals surface area (Å²) in [6.07, 6.45) is 2.09. The van der Waals surface area contributed by atoms with Crippen molar-refractivity contribution in [3.63, 3.8) is 0 Å². The van der Waals surface area contributed by atoms with Crippen LogP contribution in [0.2, 0.25) is 0 Å². The SMILES string of the molecule is Fc1cccc(-c2noc(C3CCCN(Cc4nc5ccccc5s4)C3)n2)c1. The lowest BCUT2D eigenvalue weighted by molar-refractivity contribution is 0.180. The Hall–Kier alpha value is -2.64. The van der Waals surface area contributed by atoms with Gasteiger partial charge < -0.3 is 4.52 Å². The number of para-hydroxylation sites is 1. The molecule has 1 unspecified atom stereocenters. The number of thiazole rings is 1. The van der Waals surface area contributed by atoms with E-state index in [0.29, 0.717) is 17.3 Å². The Morgan fingerprint density at radius 3 is 2.96 bits per heavy atom. The number of piperidine rings is 1. The minimum absolute atomic E-state index is 0.193. The molecule has 3 heterocycles. The number of likely N-dealkylation sites (tertiary alicyclic amines) is 1. The molecule has 0 N–H and O–H groups in total. The van der Waals surface area contributed by atoms with Gasteiger partial charge in [-0.3, -0.25) is 4.90 Å². The second-order valence-electron chi connectivity index (χ2n) is 7.12. The summed E-state index contributed by atoms with van der Waals surface area (Å²) in [4.78, 5) is 11.7. The lowest BCUT2D eigenvalue weighted by Gasteiger charge is -2.30. The molecule has 4 aromatic rings. The summed E-state index contributed by atoms with van der Waals surface area (Å²) in [5.41, 5.74) is 1.70. The Morgan fingerprint density at radius 1 is 1.14 bits per heavy atom. The fourth-order valence-electron chi connectivity index (χ4n) is 3.73. The van der Waals surface area contributed by atoms with Crippen LogP contribution < -0.4 is 0 Å². The zero-order chi connectivity index (χ0) is 18.9. The number of halogens is 1. The van der Waals surface area contributed by atoms with Crippen molar-refractivity contribution >= 4 is 21.6 Å². The van der Waals surface area contributed by atoms with Crippen LogP contribution in [0.25, 0.3) is 21.6 Å². The summed E-state index contributed by atoms with van der Waals surface area (Å²) in [6, 6.07) is 14.5. The van der Waals surface area contributed by atoms with Gasteiger partial charge in [0.15, 0.2) is 0 Å². The van der Waals surface area contributed by atoms with Gasteiger partial charge >= 0.3 is 0 Å². The first-order valence-corrected chi connectivity index (χ1v) is 10.2. The fraction of sp³-hybridized carbons (Fsp3) is 0.286. The van der Waals surface area contributed by atoms with E-state index in [9.17, 15) is 4.39 Å². The van der Waals surface area contributed by atoms with Crippen molar-refractivity contribution in [3.8, 4) is 11.4 Å². The molecule has 0 radical (unpaired) electrons. The molecule has 0 saturated carbocycles. The maximum atomic E-state index is 13.5. The van der Waals surface area contributed by atoms with E-state index in [1.54, 1.807) is 23.5 Å². The average molecular weight is 394 g/mol. The van der Waals surface area contributed by atoms with Crippen molar-refractivity contribution in [2.24, 2.45) is 0 Å². The summed E-state index contributed by atoms with van der Waals surface area (Å²) in [6.45, 7) is 2.73. The highest BCUT2D eigenvalue weighted by molar-refractivity contribution is 7.18. The third-order valence-electron chi connectivity index (χ3n) is 5.08. The Morgan fingerprint density at radius 2 is 2.07 bits per heavy atom. The van der Waals surface area contributed by atoms with Crippen LogP contribution in [0.3, 0.4) is 0 Å². The van der Waals surface area contributed by atoms with Gasteiger partial charge in [0.05, 0.1) is 22.7 Å². The molecule has 1 saturated heterocycles. The molecule has 2 aromatic heterocycles. The molecule has 1 aliphatic rings. The molecular formula is C21H19FN4OS. The Balaban J connectivity index is 1.30. The number of nitrogens with zero attached hydrogens (tertiary/aromatic N) is 4. The van der Waals surface area contributed by atoms with Crippen LogP contribution in [0.5, 0.6) is 0 Å². The molecule has 28 heavy (non-hydrogen) atoms. The van der Waals surface area contributed by atoms with Gasteiger partial charge in [-0.05, 0) is 43.7 Å². The Bertz CT molecular complexity index is 1080. The zero-order valence-electron chi connectivity index (χ0n) is 15.2. The van der Waals surface area contributed by atoms with Crippen LogP contribution in [0.4, 0.5) is 4.39 Å². The maximum absolute atomic E-state index is 13.5. The van der Waals surface area contributed by atoms with Crippen molar-refractivity contribution in [3.05, 3.63) is 65.2 Å². The van der Waals surface area contributed by atoms with E-state index in [-0.39, 0.29) is 11.7 Å². The fourth-order valence-corrected chi connectivity index (χ4v) is 4.74. The van der Waals surface area contributed by atoms with Gasteiger partial charge in [-0.2, -0.15) is 4.98 Å². The largest absolute Gasteiger partial charge is 0.339 e. The van der Waals surface area contributed by atoms with E-state index >= 15 is 0 Å². The monoisotopic (exact) mass is 394 g/mol. The van der Waals surface area contributed by atoms with E-state index in [1.165, 1.54) is 16.8 Å². The average Bonchev–Trinajstić information content (AvgIpc) is 3.35. The molecule has 0 aliphatic carbocycles. The molecule has 5 nitrogen and oxygen atoms in total. The number of aromatic nitrogens is 3. The number of hydrogen-bond donors (Lipinski definition) is 0. The van der Waals surface area contributed by atoms with Crippen molar-refractivity contribution in [1.29, 1.82) is 0 Å². The lowest BCUT2D eigenvalue weighted by atomic mass is 9.98. The van der Waals surface area contributed by atoms with Gasteiger partial charge in [-0.25, -0.2) is 9.37 Å². The number of fused-ring (bicyclic) bond motifs is 1. The van der Waals surface area contributed by atoms with Crippen molar-refractivity contribution < 1.29 is 8.91 Å². The molecule has 7 heteroatoms. The normalized spacial score (nSPS) is 18.0. The third-order valence-corrected chi connectivity index (χ3v) is 6.10. The summed E-state index contributed by atoms with van der Waals surface area (Å²) in [7, 11) is 0. The summed E-state index contributed by atoms with van der Waals surface area (Å²) >= 11 is 1.75. The predicted molar refractivity (Wildman–Crippen MR) is 107 cm³/mol. The quantitative estimate of drug-likeness (QED) is 0.494. The van der Waals surface area contributed by atoms with Crippen molar-refractivity contribution in [2.75, 3.05) is 13.1 Å². The van der Waals surface area contributed by atoms with Crippen LogP contribution in [0.15, 0.2) is 53.1 Å². The van der Waals surface area contributed by atoms with Gasteiger partial charge in [0.25, 0.3) is 0 Å². The van der Waals surface area contributed by atoms with Gasteiger partial charge in [0.2, 0.25) is 11.7 Å². The minimum Gasteiger partial charge on any atom is -0.339 e. The lowest BCUT2D eigenvalue weighted by Crippen LogP contribution is -2.34. The summed E-state index contributed by atoms with van der Waals surface area (Å²) in [5, 5.41) is 5.19. The molecule has 1 fully saturated rings. The van der Waals surface area contributed by atoms with Gasteiger partial charge in [0, 0.05) is 12.1 Å². The highest BCUT2D eigenvalue weighted by atomic mass is 32.1. The summed E-state index contributed by atoms with van der Waals surface area (Å²) in [5.74, 6) is 0.965. The first-order valence-electron chi connectivity index (χ1n) is 9.41. The molecule has 0 amide bonds. The Kier molecular flexibility index (Phi) is 4.62. The molecule has 2 aromatic carbocycles. The topological polar surface area (TPSA) is 55.1 Å². The first-order chi connectivity index (χ1) is 13.7. The minimum atomic E-state index is -0.302. The maximum Gasteiger partial charge on any atom is 0.231 e. The molecular weight excluding hydrogens is 375 g/mol. The van der Waals surface area contributed by atoms with Crippen LogP contribution in [-0.4, -0.2) is 33.1 Å². The van der Waals surface area contributed by atoms with E-state index in [1.807, 2.05) is 12.1 Å². The van der Waals surface area contributed by atoms with E-state index < -0.39 is 0 Å². The van der Waals surface area contributed by atoms with E-state index in [2.05, 4.69) is 27.2 Å². The van der Waals surface area contributed by atoms with Crippen molar-refractivity contribution in [2.45, 2.75) is 25.3 Å². The van der Waals surface area contributed by atoms with Crippen molar-refractivity contribution in [1.82, 2.24) is 20.0 Å². The molecule has 1 aliphatic heterocycles. The van der Waals surface area contributed by atoms with Crippen LogP contribution in [0, 0.1) is 5.82 Å². The van der Waals surface area contributed by atoms with Crippen LogP contribution in [-0.2, 0) is 6.54 Å². The number of benzene rings is 2. The molecule has 5 rings (SSSR count). The standard InChI is InChI=1S/C21H19FN4OS/c22-16-7-3-5-14(11-16)20-24-21(27-25-20)15-6-4-10-26(12-15)13-19-23-17-8-1-2-9-18(17)28-19/h1-3,5,7-9,11,15H,4,6,10,12-13H2. The summed E-state index contributed by atoms with van der Waals surface area (Å²) < 4.78 is 20.2. The highest BCUT2D eigenvalue weighted by Crippen LogP contribution is 2.30.